The Kier molecular flexibility index (Phi) is 4.98. The Morgan fingerprint density at radius 3 is 3.03 bits per heavy atom. The van der Waals surface area contributed by atoms with Gasteiger partial charge in [0.1, 0.15) is 22.7 Å². The summed E-state index contributed by atoms with van der Waals surface area (Å²) in [5.74, 6) is 1.83. The van der Waals surface area contributed by atoms with Crippen LogP contribution in [0.5, 0.6) is 5.75 Å². The summed E-state index contributed by atoms with van der Waals surface area (Å²) in [6.07, 6.45) is 10.0. The van der Waals surface area contributed by atoms with Crippen LogP contribution in [0.4, 0.5) is 11.5 Å². The van der Waals surface area contributed by atoms with Gasteiger partial charge in [-0.25, -0.2) is 9.97 Å². The Morgan fingerprint density at radius 2 is 2.18 bits per heavy atom. The third-order valence-electron chi connectivity index (χ3n) is 6.42. The Hall–Kier alpha value is -3.46. The zero-order chi connectivity index (χ0) is 22.4. The summed E-state index contributed by atoms with van der Waals surface area (Å²) in [5, 5.41) is 12.7. The Morgan fingerprint density at radius 1 is 1.30 bits per heavy atom. The van der Waals surface area contributed by atoms with Gasteiger partial charge in [-0.3, -0.25) is 9.89 Å². The highest BCUT2D eigenvalue weighted by Crippen LogP contribution is 2.42. The van der Waals surface area contributed by atoms with Gasteiger partial charge in [0.05, 0.1) is 29.4 Å². The maximum Gasteiger partial charge on any atom is 0.226 e. The quantitative estimate of drug-likeness (QED) is 0.433. The van der Waals surface area contributed by atoms with Crippen molar-refractivity contribution in [2.24, 2.45) is 5.92 Å². The normalized spacial score (nSPS) is 17.6. The number of anilines is 2. The number of amides is 1. The van der Waals surface area contributed by atoms with Crippen LogP contribution in [0.15, 0.2) is 36.8 Å². The lowest BCUT2D eigenvalue weighted by atomic mass is 9.87. The van der Waals surface area contributed by atoms with Crippen LogP contribution in [0, 0.1) is 5.92 Å². The van der Waals surface area contributed by atoms with Gasteiger partial charge in [0.15, 0.2) is 0 Å². The highest BCUT2D eigenvalue weighted by Gasteiger charge is 2.31. The molecule has 0 bridgehead atoms. The summed E-state index contributed by atoms with van der Waals surface area (Å²) >= 11 is 1.68. The largest absolute Gasteiger partial charge is 0.492 e. The smallest absolute Gasteiger partial charge is 0.226 e. The van der Waals surface area contributed by atoms with E-state index in [-0.39, 0.29) is 11.8 Å². The van der Waals surface area contributed by atoms with Gasteiger partial charge in [0.2, 0.25) is 5.91 Å². The highest BCUT2D eigenvalue weighted by atomic mass is 32.1. The molecule has 0 saturated heterocycles. The Balaban J connectivity index is 1.34. The molecule has 9 heteroatoms. The van der Waals surface area contributed by atoms with Crippen molar-refractivity contribution < 1.29 is 9.53 Å². The molecule has 1 aliphatic carbocycles. The molecule has 6 rings (SSSR count). The molecular weight excluding hydrogens is 436 g/mol. The van der Waals surface area contributed by atoms with Crippen LogP contribution >= 0.6 is 11.3 Å². The van der Waals surface area contributed by atoms with E-state index in [0.717, 1.165) is 70.7 Å². The molecule has 0 unspecified atom stereocenters. The number of rotatable bonds is 5. The molecule has 2 aliphatic rings. The van der Waals surface area contributed by atoms with Gasteiger partial charge < -0.3 is 15.0 Å². The molecule has 4 heterocycles. The van der Waals surface area contributed by atoms with Gasteiger partial charge in [0, 0.05) is 35.3 Å². The van der Waals surface area contributed by atoms with Crippen LogP contribution in [0.1, 0.15) is 23.8 Å². The van der Waals surface area contributed by atoms with Crippen LogP contribution in [-0.2, 0) is 17.6 Å². The van der Waals surface area contributed by atoms with E-state index in [1.165, 1.54) is 10.4 Å². The average molecular weight is 461 g/mol. The summed E-state index contributed by atoms with van der Waals surface area (Å²) in [7, 11) is 0. The number of fused-ring (bicyclic) bond motifs is 4. The molecule has 0 saturated carbocycles. The van der Waals surface area contributed by atoms with Crippen LogP contribution < -0.4 is 10.1 Å². The third kappa shape index (κ3) is 3.52. The second-order valence-electron chi connectivity index (χ2n) is 8.42. The van der Waals surface area contributed by atoms with Crippen molar-refractivity contribution >= 4 is 49.9 Å². The molecule has 0 fully saturated rings. The zero-order valence-corrected chi connectivity index (χ0v) is 19.1. The van der Waals surface area contributed by atoms with E-state index in [1.54, 1.807) is 23.9 Å². The zero-order valence-electron chi connectivity index (χ0n) is 18.3. The molecule has 1 atom stereocenters. The Labute approximate surface area is 194 Å². The lowest BCUT2D eigenvalue weighted by molar-refractivity contribution is -0.134. The second kappa shape index (κ2) is 8.15. The van der Waals surface area contributed by atoms with Crippen molar-refractivity contribution in [3.63, 3.8) is 0 Å². The number of aromatic nitrogens is 4. The fourth-order valence-electron chi connectivity index (χ4n) is 4.80. The number of aryl methyl sites for hydroxylation is 1. The topological polar surface area (TPSA) is 96.0 Å². The van der Waals surface area contributed by atoms with E-state index in [0.29, 0.717) is 6.61 Å². The van der Waals surface area contributed by atoms with Crippen LogP contribution in [0.3, 0.4) is 0 Å². The summed E-state index contributed by atoms with van der Waals surface area (Å²) in [6, 6.07) is 3.98. The van der Waals surface area contributed by atoms with E-state index in [1.807, 2.05) is 24.0 Å². The third-order valence-corrected chi connectivity index (χ3v) is 7.58. The second-order valence-corrected chi connectivity index (χ2v) is 9.51. The predicted molar refractivity (Wildman–Crippen MR) is 129 cm³/mol. The van der Waals surface area contributed by atoms with Crippen LogP contribution in [-0.4, -0.2) is 50.7 Å². The standard InChI is InChI=1S/C24H24N6O2S/c1-2-32-19-11-17-15(12-27-29-17)9-18(19)28-22-21-16-6-5-14(24(31)30-7-3-4-8-30)10-20(16)33-23(21)26-13-25-22/h3-4,9,11-14H,2,5-8,10H2,1H3,(H,27,29)(H,25,26,28)/t14-/m0/s1. The number of carbonyl (C=O) groups excluding carboxylic acids is 1. The number of thiophene rings is 1. The van der Waals surface area contributed by atoms with Crippen molar-refractivity contribution in [3.8, 4) is 5.75 Å². The highest BCUT2D eigenvalue weighted by molar-refractivity contribution is 7.19. The lowest BCUT2D eigenvalue weighted by Gasteiger charge is -2.26. The predicted octanol–water partition coefficient (Wildman–Crippen LogP) is 4.21. The first kappa shape index (κ1) is 20.2. The van der Waals surface area contributed by atoms with Gasteiger partial charge in [0.25, 0.3) is 0 Å². The van der Waals surface area contributed by atoms with Gasteiger partial charge in [-0.2, -0.15) is 5.10 Å². The van der Waals surface area contributed by atoms with E-state index in [9.17, 15) is 4.79 Å². The van der Waals surface area contributed by atoms with Crippen molar-refractivity contribution in [1.29, 1.82) is 0 Å². The molecule has 33 heavy (non-hydrogen) atoms. The van der Waals surface area contributed by atoms with E-state index in [4.69, 9.17) is 4.74 Å². The molecule has 1 amide bonds. The van der Waals surface area contributed by atoms with Crippen molar-refractivity contribution in [1.82, 2.24) is 25.1 Å². The number of aromatic amines is 1. The van der Waals surface area contributed by atoms with Gasteiger partial charge in [-0.15, -0.1) is 11.3 Å². The molecule has 1 aliphatic heterocycles. The van der Waals surface area contributed by atoms with E-state index >= 15 is 0 Å². The number of nitrogens with one attached hydrogen (secondary N) is 2. The summed E-state index contributed by atoms with van der Waals surface area (Å²) in [6.45, 7) is 3.99. The monoisotopic (exact) mass is 460 g/mol. The molecule has 3 aromatic heterocycles. The van der Waals surface area contributed by atoms with Gasteiger partial charge in [-0.1, -0.05) is 12.2 Å². The first-order valence-corrected chi connectivity index (χ1v) is 12.1. The number of nitrogens with zero attached hydrogens (tertiary/aromatic N) is 4. The van der Waals surface area contributed by atoms with Gasteiger partial charge >= 0.3 is 0 Å². The minimum atomic E-state index is 0.0443. The first-order valence-electron chi connectivity index (χ1n) is 11.3. The lowest BCUT2D eigenvalue weighted by Crippen LogP contribution is -2.36. The molecule has 2 N–H and O–H groups in total. The number of hydrogen-bond donors (Lipinski definition) is 2. The molecule has 4 aromatic rings. The van der Waals surface area contributed by atoms with Crippen molar-refractivity contribution in [3.05, 3.63) is 47.2 Å². The average Bonchev–Trinajstić information content (AvgIpc) is 3.58. The molecular formula is C24H24N6O2S. The first-order chi connectivity index (χ1) is 16.2. The van der Waals surface area contributed by atoms with Gasteiger partial charge in [-0.05, 0) is 37.8 Å². The number of benzene rings is 1. The van der Waals surface area contributed by atoms with Crippen molar-refractivity contribution in [2.45, 2.75) is 26.2 Å². The number of hydrogen-bond acceptors (Lipinski definition) is 7. The molecule has 168 valence electrons. The SMILES string of the molecule is CCOc1cc2[nH]ncc2cc1Nc1ncnc2sc3c(c12)CC[C@H](C(=O)N1CC=CC1)C3. The number of H-pyrrole nitrogens is 1. The Bertz CT molecular complexity index is 1380. The summed E-state index contributed by atoms with van der Waals surface area (Å²) < 4.78 is 5.88. The number of ether oxygens (including phenoxy) is 1. The fraction of sp³-hybridized carbons (Fsp3) is 0.333. The van der Waals surface area contributed by atoms with E-state index in [2.05, 4.69) is 37.6 Å². The number of carbonyl (C=O) groups is 1. The fourth-order valence-corrected chi connectivity index (χ4v) is 6.07. The maximum atomic E-state index is 12.9. The minimum absolute atomic E-state index is 0.0443. The summed E-state index contributed by atoms with van der Waals surface area (Å²) in [5.41, 5.74) is 3.04. The maximum absolute atomic E-state index is 12.9. The molecule has 0 radical (unpaired) electrons. The molecule has 8 nitrogen and oxygen atoms in total. The summed E-state index contributed by atoms with van der Waals surface area (Å²) in [4.78, 5) is 26.2. The minimum Gasteiger partial charge on any atom is -0.492 e. The van der Waals surface area contributed by atoms with Crippen LogP contribution in [0.25, 0.3) is 21.1 Å². The molecule has 0 spiro atoms. The van der Waals surface area contributed by atoms with Crippen molar-refractivity contribution in [2.75, 3.05) is 25.0 Å². The molecule has 1 aromatic carbocycles. The van der Waals surface area contributed by atoms with E-state index < -0.39 is 0 Å². The van der Waals surface area contributed by atoms with Crippen LogP contribution in [0.2, 0.25) is 0 Å².